The van der Waals surface area contributed by atoms with Gasteiger partial charge in [-0.2, -0.15) is 0 Å². The van der Waals surface area contributed by atoms with Crippen LogP contribution in [0, 0.1) is 0 Å². The number of benzene rings is 1. The summed E-state index contributed by atoms with van der Waals surface area (Å²) in [6.07, 6.45) is 7.43. The van der Waals surface area contributed by atoms with Crippen molar-refractivity contribution < 1.29 is 4.79 Å². The molecule has 1 unspecified atom stereocenters. The normalized spacial score (nSPS) is 16.1. The number of pyridine rings is 1. The Balaban J connectivity index is 1.32. The van der Waals surface area contributed by atoms with Crippen LogP contribution in [-0.4, -0.2) is 40.0 Å². The molecule has 0 bridgehead atoms. The molecule has 1 amide bonds. The summed E-state index contributed by atoms with van der Waals surface area (Å²) in [6.45, 7) is 1.58. The fraction of sp³-hybridized carbons (Fsp3) is 0.273. The number of rotatable bonds is 6. The van der Waals surface area contributed by atoms with E-state index in [1.165, 1.54) is 0 Å². The highest BCUT2D eigenvalue weighted by Gasteiger charge is 2.25. The molecule has 3 aromatic rings. The van der Waals surface area contributed by atoms with Crippen LogP contribution in [0.15, 0.2) is 67.1 Å². The minimum atomic E-state index is 0.0858. The first-order valence-corrected chi connectivity index (χ1v) is 9.59. The van der Waals surface area contributed by atoms with Crippen LogP contribution in [0.1, 0.15) is 18.4 Å². The first-order chi connectivity index (χ1) is 13.8. The standard InChI is InChI=1S/C22H23N5O/c28-21(7-6-17-8-12-23-13-9-17)25-19-11-15-27(16-19)22-24-14-10-20(26-22)18-4-2-1-3-5-18/h1-5,8-10,12-14,19H,6-7,11,15-16H2,(H,25,28). The summed E-state index contributed by atoms with van der Waals surface area (Å²) < 4.78 is 0. The van der Waals surface area contributed by atoms with Gasteiger partial charge in [-0.1, -0.05) is 30.3 Å². The van der Waals surface area contributed by atoms with Gasteiger partial charge in [-0.3, -0.25) is 9.78 Å². The van der Waals surface area contributed by atoms with Gasteiger partial charge in [0.1, 0.15) is 0 Å². The zero-order valence-corrected chi connectivity index (χ0v) is 15.7. The van der Waals surface area contributed by atoms with Crippen molar-refractivity contribution in [1.29, 1.82) is 0 Å². The number of amides is 1. The highest BCUT2D eigenvalue weighted by molar-refractivity contribution is 5.76. The van der Waals surface area contributed by atoms with Crippen LogP contribution in [0.2, 0.25) is 0 Å². The van der Waals surface area contributed by atoms with Crippen LogP contribution in [0.3, 0.4) is 0 Å². The van der Waals surface area contributed by atoms with E-state index in [1.54, 1.807) is 18.6 Å². The molecule has 2 aromatic heterocycles. The molecule has 0 saturated carbocycles. The van der Waals surface area contributed by atoms with E-state index < -0.39 is 0 Å². The maximum Gasteiger partial charge on any atom is 0.225 e. The fourth-order valence-corrected chi connectivity index (χ4v) is 3.44. The Hall–Kier alpha value is -3.28. The van der Waals surface area contributed by atoms with E-state index in [0.29, 0.717) is 6.42 Å². The molecule has 6 heteroatoms. The molecule has 1 aliphatic rings. The van der Waals surface area contributed by atoms with Crippen LogP contribution < -0.4 is 10.2 Å². The summed E-state index contributed by atoms with van der Waals surface area (Å²) >= 11 is 0. The third kappa shape index (κ3) is 4.52. The number of carbonyl (C=O) groups is 1. The summed E-state index contributed by atoms with van der Waals surface area (Å²) in [4.78, 5) is 27.6. The van der Waals surface area contributed by atoms with Crippen molar-refractivity contribution >= 4 is 11.9 Å². The molecule has 4 rings (SSSR count). The van der Waals surface area contributed by atoms with Crippen molar-refractivity contribution in [3.8, 4) is 11.3 Å². The number of aromatic nitrogens is 3. The molecule has 0 radical (unpaired) electrons. The minimum Gasteiger partial charge on any atom is -0.352 e. The molecular formula is C22H23N5O. The monoisotopic (exact) mass is 373 g/mol. The lowest BCUT2D eigenvalue weighted by Crippen LogP contribution is -2.37. The molecule has 1 saturated heterocycles. The van der Waals surface area contributed by atoms with Gasteiger partial charge >= 0.3 is 0 Å². The van der Waals surface area contributed by atoms with Gasteiger partial charge in [0, 0.05) is 49.7 Å². The Kier molecular flexibility index (Phi) is 5.56. The van der Waals surface area contributed by atoms with Crippen molar-refractivity contribution in [2.45, 2.75) is 25.3 Å². The molecule has 1 atom stereocenters. The lowest BCUT2D eigenvalue weighted by molar-refractivity contribution is -0.121. The van der Waals surface area contributed by atoms with Crippen molar-refractivity contribution in [3.63, 3.8) is 0 Å². The Labute approximate surface area is 164 Å². The zero-order chi connectivity index (χ0) is 19.2. The Bertz CT molecular complexity index is 916. The van der Waals surface area contributed by atoms with Crippen LogP contribution >= 0.6 is 0 Å². The molecule has 0 spiro atoms. The molecule has 1 N–H and O–H groups in total. The second-order valence-electron chi connectivity index (χ2n) is 6.96. The molecule has 3 heterocycles. The SMILES string of the molecule is O=C(CCc1ccncc1)NC1CCN(c2nccc(-c3ccccc3)n2)C1. The maximum atomic E-state index is 12.3. The van der Waals surface area contributed by atoms with E-state index in [1.807, 2.05) is 48.5 Å². The second kappa shape index (κ2) is 8.61. The van der Waals surface area contributed by atoms with E-state index in [4.69, 9.17) is 4.98 Å². The van der Waals surface area contributed by atoms with Crippen LogP contribution in [0.4, 0.5) is 5.95 Å². The average molecular weight is 373 g/mol. The van der Waals surface area contributed by atoms with Gasteiger partial charge in [0.2, 0.25) is 11.9 Å². The second-order valence-corrected chi connectivity index (χ2v) is 6.96. The van der Waals surface area contributed by atoms with E-state index in [2.05, 4.69) is 20.2 Å². The summed E-state index contributed by atoms with van der Waals surface area (Å²) in [5.74, 6) is 0.803. The van der Waals surface area contributed by atoms with E-state index in [9.17, 15) is 4.79 Å². The first-order valence-electron chi connectivity index (χ1n) is 9.59. The van der Waals surface area contributed by atoms with Crippen molar-refractivity contribution in [3.05, 3.63) is 72.7 Å². The predicted octanol–water partition coefficient (Wildman–Crippen LogP) is 2.87. The highest BCUT2D eigenvalue weighted by Crippen LogP contribution is 2.21. The molecular weight excluding hydrogens is 350 g/mol. The number of hydrogen-bond acceptors (Lipinski definition) is 5. The summed E-state index contributed by atoms with van der Waals surface area (Å²) in [5, 5.41) is 3.14. The number of carbonyl (C=O) groups excluding carboxylic acids is 1. The zero-order valence-electron chi connectivity index (χ0n) is 15.7. The molecule has 28 heavy (non-hydrogen) atoms. The summed E-state index contributed by atoms with van der Waals surface area (Å²) in [7, 11) is 0. The van der Waals surface area contributed by atoms with Crippen LogP contribution in [0.25, 0.3) is 11.3 Å². The van der Waals surface area contributed by atoms with Crippen molar-refractivity contribution in [2.24, 2.45) is 0 Å². The predicted molar refractivity (Wildman–Crippen MR) is 109 cm³/mol. The molecule has 6 nitrogen and oxygen atoms in total. The summed E-state index contributed by atoms with van der Waals surface area (Å²) in [6, 6.07) is 16.0. The Morgan fingerprint density at radius 3 is 2.71 bits per heavy atom. The number of anilines is 1. The third-order valence-corrected chi connectivity index (χ3v) is 4.94. The van der Waals surface area contributed by atoms with Gasteiger partial charge in [0.25, 0.3) is 0 Å². The van der Waals surface area contributed by atoms with Gasteiger partial charge in [0.15, 0.2) is 0 Å². The van der Waals surface area contributed by atoms with E-state index >= 15 is 0 Å². The molecule has 1 aromatic carbocycles. The summed E-state index contributed by atoms with van der Waals surface area (Å²) in [5.41, 5.74) is 3.12. The van der Waals surface area contributed by atoms with Crippen LogP contribution in [0.5, 0.6) is 0 Å². The smallest absolute Gasteiger partial charge is 0.225 e. The Morgan fingerprint density at radius 1 is 1.07 bits per heavy atom. The van der Waals surface area contributed by atoms with E-state index in [0.717, 1.165) is 48.7 Å². The van der Waals surface area contributed by atoms with Crippen molar-refractivity contribution in [2.75, 3.05) is 18.0 Å². The van der Waals surface area contributed by atoms with Crippen LogP contribution in [-0.2, 0) is 11.2 Å². The number of nitrogens with one attached hydrogen (secondary N) is 1. The molecule has 142 valence electrons. The maximum absolute atomic E-state index is 12.3. The lowest BCUT2D eigenvalue weighted by atomic mass is 10.1. The minimum absolute atomic E-state index is 0.0858. The molecule has 1 aliphatic heterocycles. The number of nitrogens with zero attached hydrogens (tertiary/aromatic N) is 4. The van der Waals surface area contributed by atoms with Gasteiger partial charge in [-0.05, 0) is 36.6 Å². The van der Waals surface area contributed by atoms with Gasteiger partial charge in [0.05, 0.1) is 5.69 Å². The molecule has 1 fully saturated rings. The van der Waals surface area contributed by atoms with Gasteiger partial charge < -0.3 is 10.2 Å². The Morgan fingerprint density at radius 2 is 1.89 bits per heavy atom. The number of hydrogen-bond donors (Lipinski definition) is 1. The first kappa shape index (κ1) is 18.1. The third-order valence-electron chi connectivity index (χ3n) is 4.94. The fourth-order valence-electron chi connectivity index (χ4n) is 3.44. The molecule has 0 aliphatic carbocycles. The van der Waals surface area contributed by atoms with E-state index in [-0.39, 0.29) is 11.9 Å². The van der Waals surface area contributed by atoms with Gasteiger partial charge in [-0.25, -0.2) is 9.97 Å². The topological polar surface area (TPSA) is 71.0 Å². The quantitative estimate of drug-likeness (QED) is 0.719. The van der Waals surface area contributed by atoms with Gasteiger partial charge in [-0.15, -0.1) is 0 Å². The lowest BCUT2D eigenvalue weighted by Gasteiger charge is -2.17. The highest BCUT2D eigenvalue weighted by atomic mass is 16.1. The van der Waals surface area contributed by atoms with Crippen molar-refractivity contribution in [1.82, 2.24) is 20.3 Å². The number of aryl methyl sites for hydroxylation is 1. The average Bonchev–Trinajstić information content (AvgIpc) is 3.22. The largest absolute Gasteiger partial charge is 0.352 e.